The van der Waals surface area contributed by atoms with Crippen LogP contribution in [-0.2, 0) is 7.05 Å². The van der Waals surface area contributed by atoms with E-state index in [1.54, 1.807) is 24.3 Å². The number of anilines is 3. The average Bonchev–Trinajstić information content (AvgIpc) is 3.07. The maximum Gasteiger partial charge on any atom is 0.368 e. The zero-order chi connectivity index (χ0) is 24.0. The van der Waals surface area contributed by atoms with Crippen molar-refractivity contribution in [3.63, 3.8) is 0 Å². The Morgan fingerprint density at radius 1 is 1.09 bits per heavy atom. The van der Waals surface area contributed by atoms with Crippen LogP contribution in [0.15, 0.2) is 35.3 Å². The summed E-state index contributed by atoms with van der Waals surface area (Å²) in [5.74, 6) is -0.0982. The quantitative estimate of drug-likeness (QED) is 0.605. The molecule has 1 fully saturated rings. The van der Waals surface area contributed by atoms with Gasteiger partial charge in [0.2, 0.25) is 5.95 Å². The molecule has 0 unspecified atom stereocenters. The first-order valence-electron chi connectivity index (χ1n) is 10.9. The molecule has 33 heavy (non-hydrogen) atoms. The largest absolute Gasteiger partial charge is 0.368 e. The molecule has 11 heteroatoms. The minimum atomic E-state index is -0.505. The van der Waals surface area contributed by atoms with E-state index < -0.39 is 5.82 Å². The van der Waals surface area contributed by atoms with Crippen molar-refractivity contribution in [2.75, 3.05) is 17.7 Å². The number of benzene rings is 1. The lowest BCUT2D eigenvalue weighted by molar-refractivity contribution is -0.00778. The van der Waals surface area contributed by atoms with Crippen LogP contribution < -0.4 is 16.3 Å². The Morgan fingerprint density at radius 2 is 1.79 bits per heavy atom. The normalized spacial score (nSPS) is 18.3. The standard InChI is InChI=1S/C22H30FN9O/c1-21(2)11-15(12-22(3,4)31(21)6)25-18-17(23)13-24-19(27-18)26-14-8-7-9-16(10-14)32-20(33)30(5)28-29-32/h7-10,13,15H,11-12H2,1-6H3,(H2,24,25,26,27). The molecular formula is C22H30FN9O. The number of halogens is 1. The molecule has 0 saturated carbocycles. The van der Waals surface area contributed by atoms with Gasteiger partial charge in [0.25, 0.3) is 0 Å². The van der Waals surface area contributed by atoms with Crippen LogP contribution in [0, 0.1) is 5.82 Å². The summed E-state index contributed by atoms with van der Waals surface area (Å²) in [6.45, 7) is 8.78. The maximum atomic E-state index is 14.6. The lowest BCUT2D eigenvalue weighted by Crippen LogP contribution is -2.61. The van der Waals surface area contributed by atoms with Gasteiger partial charge in [-0.05, 0) is 76.2 Å². The zero-order valence-electron chi connectivity index (χ0n) is 19.8. The Balaban J connectivity index is 1.54. The summed E-state index contributed by atoms with van der Waals surface area (Å²) in [6.07, 6.45) is 2.86. The first-order valence-corrected chi connectivity index (χ1v) is 10.9. The van der Waals surface area contributed by atoms with Gasteiger partial charge in [0.1, 0.15) is 0 Å². The smallest absolute Gasteiger partial charge is 0.365 e. The maximum absolute atomic E-state index is 14.6. The van der Waals surface area contributed by atoms with Gasteiger partial charge in [-0.1, -0.05) is 6.07 Å². The fourth-order valence-electron chi connectivity index (χ4n) is 4.52. The van der Waals surface area contributed by atoms with Crippen LogP contribution in [0.1, 0.15) is 40.5 Å². The van der Waals surface area contributed by atoms with E-state index in [-0.39, 0.29) is 34.6 Å². The second-order valence-corrected chi connectivity index (χ2v) is 9.80. The lowest BCUT2D eigenvalue weighted by Gasteiger charge is -2.53. The van der Waals surface area contributed by atoms with Crippen molar-refractivity contribution in [3.8, 4) is 5.69 Å². The highest BCUT2D eigenvalue weighted by Gasteiger charge is 2.43. The van der Waals surface area contributed by atoms with E-state index in [2.05, 4.69) is 70.7 Å². The second kappa shape index (κ2) is 8.22. The van der Waals surface area contributed by atoms with Crippen LogP contribution in [0.25, 0.3) is 5.69 Å². The minimum Gasteiger partial charge on any atom is -0.365 e. The summed E-state index contributed by atoms with van der Waals surface area (Å²) in [4.78, 5) is 22.9. The van der Waals surface area contributed by atoms with Gasteiger partial charge in [0.05, 0.1) is 11.9 Å². The highest BCUT2D eigenvalue weighted by Crippen LogP contribution is 2.38. The van der Waals surface area contributed by atoms with Crippen molar-refractivity contribution in [3.05, 3.63) is 46.8 Å². The van der Waals surface area contributed by atoms with Crippen molar-refractivity contribution >= 4 is 17.5 Å². The van der Waals surface area contributed by atoms with Crippen LogP contribution in [0.2, 0.25) is 0 Å². The summed E-state index contributed by atoms with van der Waals surface area (Å²) in [6, 6.07) is 7.09. The van der Waals surface area contributed by atoms with Crippen LogP contribution in [0.4, 0.5) is 21.8 Å². The van der Waals surface area contributed by atoms with Crippen molar-refractivity contribution in [2.24, 2.45) is 7.05 Å². The van der Waals surface area contributed by atoms with E-state index in [1.165, 1.54) is 11.7 Å². The molecule has 1 aromatic carbocycles. The predicted octanol–water partition coefficient (Wildman–Crippen LogP) is 2.70. The van der Waals surface area contributed by atoms with Crippen molar-refractivity contribution in [1.29, 1.82) is 0 Å². The molecule has 2 aromatic heterocycles. The molecule has 3 heterocycles. The predicted molar refractivity (Wildman–Crippen MR) is 124 cm³/mol. The van der Waals surface area contributed by atoms with Crippen LogP contribution in [0.3, 0.4) is 0 Å². The third-order valence-corrected chi connectivity index (χ3v) is 6.46. The fourth-order valence-corrected chi connectivity index (χ4v) is 4.52. The number of tetrazole rings is 1. The van der Waals surface area contributed by atoms with E-state index in [4.69, 9.17) is 0 Å². The van der Waals surface area contributed by atoms with Gasteiger partial charge < -0.3 is 10.6 Å². The molecule has 1 aliphatic rings. The lowest BCUT2D eigenvalue weighted by atomic mass is 9.77. The van der Waals surface area contributed by atoms with E-state index >= 15 is 0 Å². The van der Waals surface area contributed by atoms with Crippen LogP contribution in [-0.4, -0.2) is 58.8 Å². The molecule has 176 valence electrons. The molecule has 0 amide bonds. The first kappa shape index (κ1) is 22.8. The van der Waals surface area contributed by atoms with Crippen molar-refractivity contribution < 1.29 is 4.39 Å². The Bertz CT molecular complexity index is 1200. The molecule has 4 rings (SSSR count). The second-order valence-electron chi connectivity index (χ2n) is 9.80. The molecule has 0 spiro atoms. The Labute approximate surface area is 191 Å². The van der Waals surface area contributed by atoms with E-state index in [0.717, 1.165) is 23.7 Å². The number of aromatic nitrogens is 6. The number of likely N-dealkylation sites (tertiary alicyclic amines) is 1. The Morgan fingerprint density at radius 3 is 2.42 bits per heavy atom. The van der Waals surface area contributed by atoms with Gasteiger partial charge in [0.15, 0.2) is 11.6 Å². The number of hydrogen-bond donors (Lipinski definition) is 2. The van der Waals surface area contributed by atoms with E-state index in [9.17, 15) is 9.18 Å². The van der Waals surface area contributed by atoms with Gasteiger partial charge in [-0.2, -0.15) is 14.3 Å². The van der Waals surface area contributed by atoms with Gasteiger partial charge in [0, 0.05) is 29.9 Å². The van der Waals surface area contributed by atoms with E-state index in [1.807, 2.05) is 0 Å². The van der Waals surface area contributed by atoms with Crippen LogP contribution in [0.5, 0.6) is 0 Å². The average molecular weight is 456 g/mol. The van der Waals surface area contributed by atoms with Gasteiger partial charge in [-0.25, -0.2) is 14.2 Å². The molecule has 3 aromatic rings. The first-order chi connectivity index (χ1) is 15.5. The monoisotopic (exact) mass is 455 g/mol. The summed E-state index contributed by atoms with van der Waals surface area (Å²) in [7, 11) is 3.66. The summed E-state index contributed by atoms with van der Waals surface area (Å²) >= 11 is 0. The summed E-state index contributed by atoms with van der Waals surface area (Å²) in [5.41, 5.74) is 0.727. The highest BCUT2D eigenvalue weighted by atomic mass is 19.1. The summed E-state index contributed by atoms with van der Waals surface area (Å²) in [5, 5.41) is 13.9. The third kappa shape index (κ3) is 4.58. The Kier molecular flexibility index (Phi) is 5.69. The number of rotatable bonds is 5. The van der Waals surface area contributed by atoms with Gasteiger partial charge in [-0.15, -0.1) is 0 Å². The minimum absolute atomic E-state index is 0.0388. The van der Waals surface area contributed by atoms with Crippen molar-refractivity contribution in [2.45, 2.75) is 57.7 Å². The van der Waals surface area contributed by atoms with E-state index in [0.29, 0.717) is 11.4 Å². The molecule has 10 nitrogen and oxygen atoms in total. The molecule has 0 aliphatic carbocycles. The zero-order valence-corrected chi connectivity index (χ0v) is 19.8. The number of nitrogens with one attached hydrogen (secondary N) is 2. The number of hydrogen-bond acceptors (Lipinski definition) is 8. The summed E-state index contributed by atoms with van der Waals surface area (Å²) < 4.78 is 16.9. The molecular weight excluding hydrogens is 425 g/mol. The highest BCUT2D eigenvalue weighted by molar-refractivity contribution is 5.58. The number of piperidine rings is 1. The van der Waals surface area contributed by atoms with Crippen LogP contribution >= 0.6 is 0 Å². The number of nitrogens with zero attached hydrogens (tertiary/aromatic N) is 7. The molecule has 0 bridgehead atoms. The molecule has 0 radical (unpaired) electrons. The Hall–Kier alpha value is -3.34. The van der Waals surface area contributed by atoms with Crippen molar-refractivity contribution in [1.82, 2.24) is 34.7 Å². The topological polar surface area (TPSA) is 106 Å². The van der Waals surface area contributed by atoms with Gasteiger partial charge >= 0.3 is 5.69 Å². The molecule has 0 atom stereocenters. The number of aryl methyl sites for hydroxylation is 1. The molecule has 1 aliphatic heterocycles. The molecule has 1 saturated heterocycles. The SMILES string of the molecule is CN1C(C)(C)CC(Nc2nc(Nc3cccc(-n4nnn(C)c4=O)c3)ncc2F)CC1(C)C. The molecule has 2 N–H and O–H groups in total. The van der Waals surface area contributed by atoms with Gasteiger partial charge in [-0.3, -0.25) is 4.90 Å². The fraction of sp³-hybridized carbons (Fsp3) is 0.500. The third-order valence-electron chi connectivity index (χ3n) is 6.46.